The fourth-order valence-corrected chi connectivity index (χ4v) is 3.45. The molecule has 11 heteroatoms. The molecule has 0 saturated heterocycles. The van der Waals surface area contributed by atoms with Gasteiger partial charge in [-0.3, -0.25) is 9.10 Å². The highest BCUT2D eigenvalue weighted by atomic mass is 32.2. The molecule has 0 unspecified atom stereocenters. The van der Waals surface area contributed by atoms with Crippen molar-refractivity contribution in [3.05, 3.63) is 47.8 Å². The summed E-state index contributed by atoms with van der Waals surface area (Å²) in [5.41, 5.74) is 2.75. The third kappa shape index (κ3) is 5.60. The number of carbonyl (C=O) groups excluding carboxylic acids is 1. The average Bonchev–Trinajstić information content (AvgIpc) is 2.70. The van der Waals surface area contributed by atoms with E-state index in [2.05, 4.69) is 10.5 Å². The Kier molecular flexibility index (Phi) is 7.59. The Morgan fingerprint density at radius 3 is 2.40 bits per heavy atom. The van der Waals surface area contributed by atoms with E-state index in [1.807, 2.05) is 0 Å². The van der Waals surface area contributed by atoms with Crippen LogP contribution in [-0.4, -0.2) is 54.7 Å². The molecule has 0 spiro atoms. The van der Waals surface area contributed by atoms with Crippen LogP contribution in [0.1, 0.15) is 5.56 Å². The van der Waals surface area contributed by atoms with Gasteiger partial charge < -0.3 is 14.2 Å². The fraction of sp³-hybridized carbons (Fsp3) is 0.263. The van der Waals surface area contributed by atoms with E-state index in [4.69, 9.17) is 14.2 Å². The predicted octanol–water partition coefficient (Wildman–Crippen LogP) is 1.77. The summed E-state index contributed by atoms with van der Waals surface area (Å²) in [5, 5.41) is 3.83. The number of ether oxygens (including phenoxy) is 3. The van der Waals surface area contributed by atoms with E-state index in [0.717, 1.165) is 16.6 Å². The summed E-state index contributed by atoms with van der Waals surface area (Å²) >= 11 is 0. The molecular formula is C19H22FN3O6S. The van der Waals surface area contributed by atoms with Crippen molar-refractivity contribution in [1.82, 2.24) is 5.43 Å². The number of hydrazone groups is 1. The molecule has 1 N–H and O–H groups in total. The van der Waals surface area contributed by atoms with Crippen molar-refractivity contribution in [1.29, 1.82) is 0 Å². The molecule has 2 aromatic rings. The number of sulfonamides is 1. The zero-order valence-corrected chi connectivity index (χ0v) is 17.7. The molecule has 0 heterocycles. The van der Waals surface area contributed by atoms with Gasteiger partial charge in [-0.15, -0.1) is 0 Å². The van der Waals surface area contributed by atoms with Crippen LogP contribution in [0.25, 0.3) is 0 Å². The summed E-state index contributed by atoms with van der Waals surface area (Å²) < 4.78 is 54.1. The molecule has 0 bridgehead atoms. The van der Waals surface area contributed by atoms with E-state index >= 15 is 0 Å². The lowest BCUT2D eigenvalue weighted by Crippen LogP contribution is -2.39. The molecule has 0 atom stereocenters. The Hall–Kier alpha value is -3.34. The van der Waals surface area contributed by atoms with Crippen LogP contribution in [0.2, 0.25) is 0 Å². The molecule has 9 nitrogen and oxygen atoms in total. The van der Waals surface area contributed by atoms with Gasteiger partial charge in [-0.2, -0.15) is 5.10 Å². The maximum absolute atomic E-state index is 13.5. The third-order valence-corrected chi connectivity index (χ3v) is 5.05. The van der Waals surface area contributed by atoms with Gasteiger partial charge in [-0.25, -0.2) is 18.2 Å². The van der Waals surface area contributed by atoms with Crippen molar-refractivity contribution >= 4 is 27.8 Å². The molecule has 0 aromatic heterocycles. The van der Waals surface area contributed by atoms with Crippen LogP contribution in [-0.2, 0) is 14.8 Å². The van der Waals surface area contributed by atoms with Gasteiger partial charge in [0, 0.05) is 5.56 Å². The normalized spacial score (nSPS) is 11.2. The number of hydrogen-bond donors (Lipinski definition) is 1. The van der Waals surface area contributed by atoms with Crippen molar-refractivity contribution in [2.45, 2.75) is 0 Å². The molecule has 0 aliphatic rings. The van der Waals surface area contributed by atoms with Gasteiger partial charge in [0.05, 0.1) is 39.5 Å². The van der Waals surface area contributed by atoms with Crippen molar-refractivity contribution in [2.75, 3.05) is 38.4 Å². The Bertz CT molecular complexity index is 1040. The van der Waals surface area contributed by atoms with E-state index in [0.29, 0.717) is 22.8 Å². The van der Waals surface area contributed by atoms with Crippen molar-refractivity contribution in [2.24, 2.45) is 5.10 Å². The summed E-state index contributed by atoms with van der Waals surface area (Å²) in [6.07, 6.45) is 2.23. The van der Waals surface area contributed by atoms with E-state index in [1.165, 1.54) is 45.7 Å². The molecule has 1 amide bonds. The van der Waals surface area contributed by atoms with E-state index < -0.39 is 28.3 Å². The summed E-state index contributed by atoms with van der Waals surface area (Å²) in [5.74, 6) is -0.202. The van der Waals surface area contributed by atoms with Gasteiger partial charge in [-0.05, 0) is 30.3 Å². The monoisotopic (exact) mass is 439 g/mol. The zero-order chi connectivity index (χ0) is 22.3. The predicted molar refractivity (Wildman–Crippen MR) is 110 cm³/mol. The molecule has 0 saturated carbocycles. The highest BCUT2D eigenvalue weighted by Gasteiger charge is 2.21. The number of carbonyl (C=O) groups is 1. The summed E-state index contributed by atoms with van der Waals surface area (Å²) in [7, 11) is 0.547. The molecule has 2 rings (SSSR count). The number of nitrogens with one attached hydrogen (secondary N) is 1. The Balaban J connectivity index is 2.17. The van der Waals surface area contributed by atoms with Crippen LogP contribution in [0.3, 0.4) is 0 Å². The maximum Gasteiger partial charge on any atom is 0.260 e. The Labute approximate surface area is 174 Å². The Morgan fingerprint density at radius 2 is 1.83 bits per heavy atom. The minimum atomic E-state index is -3.83. The standard InChI is InChI=1S/C19H22FN3O6S/c1-27-16-9-8-13(18(28-2)19(16)29-3)11-21-22-17(24)12-23(30(4,25)26)15-7-5-6-14(20)10-15/h5-11H,12H2,1-4H3,(H,22,24)/b21-11-. The second kappa shape index (κ2) is 9.92. The summed E-state index contributed by atoms with van der Waals surface area (Å²) in [4.78, 5) is 12.2. The summed E-state index contributed by atoms with van der Waals surface area (Å²) in [6.45, 7) is -0.581. The number of benzene rings is 2. The number of nitrogens with zero attached hydrogens (tertiary/aromatic N) is 2. The number of anilines is 1. The van der Waals surface area contributed by atoms with Crippen LogP contribution in [0.15, 0.2) is 41.5 Å². The lowest BCUT2D eigenvalue weighted by molar-refractivity contribution is -0.119. The topological polar surface area (TPSA) is 107 Å². The highest BCUT2D eigenvalue weighted by molar-refractivity contribution is 7.92. The van der Waals surface area contributed by atoms with Crippen LogP contribution < -0.4 is 23.9 Å². The first-order valence-electron chi connectivity index (χ1n) is 8.55. The van der Waals surface area contributed by atoms with Crippen LogP contribution >= 0.6 is 0 Å². The molecule has 0 fully saturated rings. The number of methoxy groups -OCH3 is 3. The van der Waals surface area contributed by atoms with Crippen molar-refractivity contribution < 1.29 is 31.8 Å². The molecule has 0 radical (unpaired) electrons. The number of hydrogen-bond acceptors (Lipinski definition) is 7. The van der Waals surface area contributed by atoms with E-state index in [-0.39, 0.29) is 5.69 Å². The number of halogens is 1. The van der Waals surface area contributed by atoms with Gasteiger partial charge in [0.15, 0.2) is 11.5 Å². The lowest BCUT2D eigenvalue weighted by atomic mass is 10.2. The highest BCUT2D eigenvalue weighted by Crippen LogP contribution is 2.38. The fourth-order valence-electron chi connectivity index (χ4n) is 2.60. The van der Waals surface area contributed by atoms with Gasteiger partial charge in [0.25, 0.3) is 5.91 Å². The maximum atomic E-state index is 13.5. The lowest BCUT2D eigenvalue weighted by Gasteiger charge is -2.21. The zero-order valence-electron chi connectivity index (χ0n) is 16.9. The Morgan fingerprint density at radius 1 is 1.13 bits per heavy atom. The second-order valence-corrected chi connectivity index (χ2v) is 7.87. The molecule has 30 heavy (non-hydrogen) atoms. The molecule has 0 aliphatic carbocycles. The van der Waals surface area contributed by atoms with Gasteiger partial charge in [0.1, 0.15) is 12.4 Å². The smallest absolute Gasteiger partial charge is 0.260 e. The molecule has 2 aromatic carbocycles. The van der Waals surface area contributed by atoms with Crippen molar-refractivity contribution in [3.8, 4) is 17.2 Å². The minimum absolute atomic E-state index is 0.0261. The van der Waals surface area contributed by atoms with Crippen LogP contribution in [0.4, 0.5) is 10.1 Å². The first kappa shape index (κ1) is 22.9. The van der Waals surface area contributed by atoms with E-state index in [9.17, 15) is 17.6 Å². The first-order chi connectivity index (χ1) is 14.2. The first-order valence-corrected chi connectivity index (χ1v) is 10.4. The van der Waals surface area contributed by atoms with Crippen molar-refractivity contribution in [3.63, 3.8) is 0 Å². The molecule has 0 aliphatic heterocycles. The largest absolute Gasteiger partial charge is 0.493 e. The molecular weight excluding hydrogens is 417 g/mol. The SMILES string of the molecule is COc1ccc(/C=N\NC(=O)CN(c2cccc(F)c2)S(C)(=O)=O)c(OC)c1OC. The van der Waals surface area contributed by atoms with Gasteiger partial charge in [-0.1, -0.05) is 6.07 Å². The average molecular weight is 439 g/mol. The minimum Gasteiger partial charge on any atom is -0.493 e. The molecule has 162 valence electrons. The van der Waals surface area contributed by atoms with Gasteiger partial charge in [0.2, 0.25) is 15.8 Å². The van der Waals surface area contributed by atoms with Crippen LogP contribution in [0, 0.1) is 5.82 Å². The number of amides is 1. The number of rotatable bonds is 9. The van der Waals surface area contributed by atoms with E-state index in [1.54, 1.807) is 12.1 Å². The van der Waals surface area contributed by atoms with Crippen LogP contribution in [0.5, 0.6) is 17.2 Å². The third-order valence-electron chi connectivity index (χ3n) is 3.91. The summed E-state index contributed by atoms with van der Waals surface area (Å²) in [6, 6.07) is 8.21. The quantitative estimate of drug-likeness (QED) is 0.471. The van der Waals surface area contributed by atoms with Gasteiger partial charge >= 0.3 is 0 Å². The second-order valence-electron chi connectivity index (χ2n) is 5.97.